The van der Waals surface area contributed by atoms with Crippen LogP contribution in [0.15, 0.2) is 24.3 Å². The summed E-state index contributed by atoms with van der Waals surface area (Å²) in [5, 5.41) is 9.08. The Bertz CT molecular complexity index is 316. The predicted molar refractivity (Wildman–Crippen MR) is 63.2 cm³/mol. The Hall–Kier alpha value is -1.02. The maximum absolute atomic E-state index is 9.08. The minimum Gasteiger partial charge on any atom is -0.396 e. The molecule has 1 aliphatic heterocycles. The third-order valence-electron chi connectivity index (χ3n) is 3.33. The first kappa shape index (κ1) is 10.5. The minimum absolute atomic E-state index is 0.349. The molecule has 0 bridgehead atoms. The van der Waals surface area contributed by atoms with Gasteiger partial charge < -0.3 is 10.0 Å². The zero-order chi connectivity index (χ0) is 10.7. The number of anilines is 1. The molecule has 2 rings (SSSR count). The summed E-state index contributed by atoms with van der Waals surface area (Å²) < 4.78 is 0. The molecule has 1 saturated heterocycles. The SMILES string of the molecule is Cc1ccccc1N1CCC(CO)CC1. The highest BCUT2D eigenvalue weighted by molar-refractivity contribution is 5.53. The lowest BCUT2D eigenvalue weighted by Gasteiger charge is -2.33. The highest BCUT2D eigenvalue weighted by atomic mass is 16.3. The van der Waals surface area contributed by atoms with E-state index in [0.29, 0.717) is 12.5 Å². The topological polar surface area (TPSA) is 23.5 Å². The first-order chi connectivity index (χ1) is 7.31. The van der Waals surface area contributed by atoms with E-state index in [-0.39, 0.29) is 0 Å². The summed E-state index contributed by atoms with van der Waals surface area (Å²) in [5.41, 5.74) is 2.70. The van der Waals surface area contributed by atoms with Gasteiger partial charge in [-0.2, -0.15) is 0 Å². The number of aliphatic hydroxyl groups excluding tert-OH is 1. The van der Waals surface area contributed by atoms with Crippen LogP contribution in [0.1, 0.15) is 18.4 Å². The standard InChI is InChI=1S/C13H19NO/c1-11-4-2-3-5-13(11)14-8-6-12(10-15)7-9-14/h2-5,12,15H,6-10H2,1H3. The number of hydrogen-bond acceptors (Lipinski definition) is 2. The van der Waals surface area contributed by atoms with Crippen LogP contribution < -0.4 is 4.90 Å². The number of benzene rings is 1. The lowest BCUT2D eigenvalue weighted by Crippen LogP contribution is -2.35. The van der Waals surface area contributed by atoms with Gasteiger partial charge >= 0.3 is 0 Å². The number of piperidine rings is 1. The molecular weight excluding hydrogens is 186 g/mol. The second-order valence-electron chi connectivity index (χ2n) is 4.40. The van der Waals surface area contributed by atoms with Crippen LogP contribution in [0, 0.1) is 12.8 Å². The summed E-state index contributed by atoms with van der Waals surface area (Å²) in [6.45, 7) is 4.67. The first-order valence-electron chi connectivity index (χ1n) is 5.72. The van der Waals surface area contributed by atoms with Crippen molar-refractivity contribution in [1.82, 2.24) is 0 Å². The van der Waals surface area contributed by atoms with E-state index in [4.69, 9.17) is 5.11 Å². The maximum Gasteiger partial charge on any atom is 0.0460 e. The Morgan fingerprint density at radius 1 is 1.27 bits per heavy atom. The van der Waals surface area contributed by atoms with Crippen molar-refractivity contribution < 1.29 is 5.11 Å². The van der Waals surface area contributed by atoms with E-state index in [1.807, 2.05) is 0 Å². The molecule has 0 amide bonds. The number of para-hydroxylation sites is 1. The molecule has 1 heterocycles. The molecule has 1 fully saturated rings. The van der Waals surface area contributed by atoms with Crippen molar-refractivity contribution in [3.8, 4) is 0 Å². The molecule has 0 aliphatic carbocycles. The largest absolute Gasteiger partial charge is 0.396 e. The van der Waals surface area contributed by atoms with E-state index in [9.17, 15) is 0 Å². The molecular formula is C13H19NO. The van der Waals surface area contributed by atoms with Gasteiger partial charge in [-0.1, -0.05) is 18.2 Å². The first-order valence-corrected chi connectivity index (χ1v) is 5.72. The molecule has 0 atom stereocenters. The molecule has 2 heteroatoms. The average Bonchev–Trinajstić information content (AvgIpc) is 2.30. The van der Waals surface area contributed by atoms with Crippen molar-refractivity contribution in [3.05, 3.63) is 29.8 Å². The highest BCUT2D eigenvalue weighted by Crippen LogP contribution is 2.25. The summed E-state index contributed by atoms with van der Waals surface area (Å²) in [6.07, 6.45) is 2.23. The zero-order valence-corrected chi connectivity index (χ0v) is 9.32. The Morgan fingerprint density at radius 3 is 2.53 bits per heavy atom. The summed E-state index contributed by atoms with van der Waals surface area (Å²) in [7, 11) is 0. The zero-order valence-electron chi connectivity index (χ0n) is 9.32. The van der Waals surface area contributed by atoms with Crippen molar-refractivity contribution >= 4 is 5.69 Å². The van der Waals surface area contributed by atoms with E-state index in [0.717, 1.165) is 25.9 Å². The van der Waals surface area contributed by atoms with Crippen LogP contribution in [-0.4, -0.2) is 24.8 Å². The molecule has 1 aromatic carbocycles. The summed E-state index contributed by atoms with van der Waals surface area (Å²) in [5.74, 6) is 0.519. The number of nitrogens with zero attached hydrogens (tertiary/aromatic N) is 1. The van der Waals surface area contributed by atoms with Crippen LogP contribution in [-0.2, 0) is 0 Å². The smallest absolute Gasteiger partial charge is 0.0460 e. The van der Waals surface area contributed by atoms with Gasteiger partial charge in [0.05, 0.1) is 0 Å². The Balaban J connectivity index is 2.04. The van der Waals surface area contributed by atoms with Gasteiger partial charge in [0.2, 0.25) is 0 Å². The maximum atomic E-state index is 9.08. The molecule has 0 saturated carbocycles. The van der Waals surface area contributed by atoms with Gasteiger partial charge in [-0.05, 0) is 37.3 Å². The molecule has 15 heavy (non-hydrogen) atoms. The molecule has 0 unspecified atom stereocenters. The van der Waals surface area contributed by atoms with Gasteiger partial charge in [-0.3, -0.25) is 0 Å². The Labute approximate surface area is 91.5 Å². The van der Waals surface area contributed by atoms with Crippen molar-refractivity contribution in [2.45, 2.75) is 19.8 Å². The van der Waals surface area contributed by atoms with Gasteiger partial charge in [-0.25, -0.2) is 0 Å². The molecule has 0 radical (unpaired) electrons. The second kappa shape index (κ2) is 4.67. The van der Waals surface area contributed by atoms with Crippen molar-refractivity contribution in [1.29, 1.82) is 0 Å². The van der Waals surface area contributed by atoms with Crippen LogP contribution in [0.25, 0.3) is 0 Å². The quantitative estimate of drug-likeness (QED) is 0.800. The van der Waals surface area contributed by atoms with Gasteiger partial charge in [-0.15, -0.1) is 0 Å². The van der Waals surface area contributed by atoms with Gasteiger partial charge in [0.25, 0.3) is 0 Å². The second-order valence-corrected chi connectivity index (χ2v) is 4.40. The molecule has 1 aliphatic rings. The lowest BCUT2D eigenvalue weighted by molar-refractivity contribution is 0.203. The fourth-order valence-corrected chi connectivity index (χ4v) is 2.27. The van der Waals surface area contributed by atoms with Crippen LogP contribution in [0.5, 0.6) is 0 Å². The van der Waals surface area contributed by atoms with Gasteiger partial charge in [0.15, 0.2) is 0 Å². The van der Waals surface area contributed by atoms with E-state index in [1.54, 1.807) is 0 Å². The lowest BCUT2D eigenvalue weighted by atomic mass is 9.97. The third-order valence-corrected chi connectivity index (χ3v) is 3.33. The van der Waals surface area contributed by atoms with Crippen molar-refractivity contribution in [3.63, 3.8) is 0 Å². The Kier molecular flexibility index (Phi) is 3.27. The van der Waals surface area contributed by atoms with Crippen molar-refractivity contribution in [2.75, 3.05) is 24.6 Å². The van der Waals surface area contributed by atoms with Gasteiger partial charge in [0, 0.05) is 25.4 Å². The molecule has 82 valence electrons. The van der Waals surface area contributed by atoms with Crippen LogP contribution >= 0.6 is 0 Å². The number of hydrogen-bond donors (Lipinski definition) is 1. The van der Waals surface area contributed by atoms with Gasteiger partial charge in [0.1, 0.15) is 0 Å². The highest BCUT2D eigenvalue weighted by Gasteiger charge is 2.19. The molecule has 1 aromatic rings. The minimum atomic E-state index is 0.349. The van der Waals surface area contributed by atoms with Crippen LogP contribution in [0.3, 0.4) is 0 Å². The fraction of sp³-hybridized carbons (Fsp3) is 0.538. The van der Waals surface area contributed by atoms with E-state index in [1.165, 1.54) is 11.3 Å². The Morgan fingerprint density at radius 2 is 1.93 bits per heavy atom. The predicted octanol–water partition coefficient (Wildman–Crippen LogP) is 2.20. The van der Waals surface area contributed by atoms with E-state index < -0.39 is 0 Å². The summed E-state index contributed by atoms with van der Waals surface area (Å²) in [4.78, 5) is 2.43. The molecule has 0 spiro atoms. The van der Waals surface area contributed by atoms with E-state index >= 15 is 0 Å². The molecule has 0 aromatic heterocycles. The summed E-state index contributed by atoms with van der Waals surface area (Å²) >= 11 is 0. The fourth-order valence-electron chi connectivity index (χ4n) is 2.27. The monoisotopic (exact) mass is 205 g/mol. The molecule has 1 N–H and O–H groups in total. The number of aryl methyl sites for hydroxylation is 1. The number of aliphatic hydroxyl groups is 1. The molecule has 2 nitrogen and oxygen atoms in total. The number of rotatable bonds is 2. The summed E-state index contributed by atoms with van der Waals surface area (Å²) in [6, 6.07) is 8.53. The third kappa shape index (κ3) is 2.32. The van der Waals surface area contributed by atoms with Crippen LogP contribution in [0.4, 0.5) is 5.69 Å². The normalized spacial score (nSPS) is 18.1. The average molecular weight is 205 g/mol. The van der Waals surface area contributed by atoms with Crippen molar-refractivity contribution in [2.24, 2.45) is 5.92 Å². The van der Waals surface area contributed by atoms with E-state index in [2.05, 4.69) is 36.1 Å². The van der Waals surface area contributed by atoms with Crippen LogP contribution in [0.2, 0.25) is 0 Å².